The van der Waals surface area contributed by atoms with Gasteiger partial charge in [-0.2, -0.15) is 0 Å². The third kappa shape index (κ3) is 2.83. The Labute approximate surface area is 129 Å². The van der Waals surface area contributed by atoms with E-state index in [2.05, 4.69) is 22.1 Å². The Hall–Kier alpha value is -2.69. The Balaban J connectivity index is 1.77. The lowest BCUT2D eigenvalue weighted by molar-refractivity contribution is -0.126. The van der Waals surface area contributed by atoms with E-state index in [0.29, 0.717) is 17.8 Å². The van der Waals surface area contributed by atoms with Crippen LogP contribution in [0.2, 0.25) is 0 Å². The van der Waals surface area contributed by atoms with Gasteiger partial charge in [-0.1, -0.05) is 30.3 Å². The summed E-state index contributed by atoms with van der Waals surface area (Å²) in [6, 6.07) is 12.0. The second-order valence-electron chi connectivity index (χ2n) is 5.37. The first-order valence-electron chi connectivity index (χ1n) is 7.18. The molecule has 0 aliphatic carbocycles. The van der Waals surface area contributed by atoms with Gasteiger partial charge in [-0.05, 0) is 24.5 Å². The quantitative estimate of drug-likeness (QED) is 0.937. The third-order valence-electron chi connectivity index (χ3n) is 3.78. The van der Waals surface area contributed by atoms with E-state index in [9.17, 15) is 9.90 Å². The van der Waals surface area contributed by atoms with E-state index in [-0.39, 0.29) is 11.7 Å². The molecule has 0 spiro atoms. The first-order valence-corrected chi connectivity index (χ1v) is 7.18. The van der Waals surface area contributed by atoms with Crippen molar-refractivity contribution in [3.8, 4) is 0 Å². The van der Waals surface area contributed by atoms with E-state index in [1.54, 1.807) is 7.05 Å². The molecular weight excluding hydrogens is 278 g/mol. The van der Waals surface area contributed by atoms with Crippen molar-refractivity contribution in [3.05, 3.63) is 65.4 Å². The SMILES string of the molecule is CN1CC(c2cc(CCc3ccccc3)ncn2)=C(O)C1=O. The fraction of sp³-hybridized carbons (Fsp3) is 0.235. The van der Waals surface area contributed by atoms with E-state index < -0.39 is 0 Å². The zero-order valence-corrected chi connectivity index (χ0v) is 12.4. The van der Waals surface area contributed by atoms with Gasteiger partial charge in [0.1, 0.15) is 6.33 Å². The van der Waals surface area contributed by atoms with Gasteiger partial charge in [0.15, 0.2) is 5.76 Å². The summed E-state index contributed by atoms with van der Waals surface area (Å²) in [5.74, 6) is -0.574. The maximum atomic E-state index is 11.7. The highest BCUT2D eigenvalue weighted by atomic mass is 16.3. The maximum Gasteiger partial charge on any atom is 0.289 e. The summed E-state index contributed by atoms with van der Waals surface area (Å²) in [4.78, 5) is 21.6. The van der Waals surface area contributed by atoms with Gasteiger partial charge < -0.3 is 10.0 Å². The number of carbonyl (C=O) groups excluding carboxylic acids is 1. The first kappa shape index (κ1) is 14.3. The predicted octanol–water partition coefficient (Wildman–Crippen LogP) is 2.00. The Morgan fingerprint density at radius 2 is 1.95 bits per heavy atom. The van der Waals surface area contributed by atoms with E-state index in [1.807, 2.05) is 24.3 Å². The molecule has 22 heavy (non-hydrogen) atoms. The van der Waals surface area contributed by atoms with Crippen LogP contribution in [0, 0.1) is 0 Å². The Kier molecular flexibility index (Phi) is 3.87. The highest BCUT2D eigenvalue weighted by molar-refractivity contribution is 6.03. The number of hydrogen-bond donors (Lipinski definition) is 1. The minimum absolute atomic E-state index is 0.213. The summed E-state index contributed by atoms with van der Waals surface area (Å²) in [5.41, 5.74) is 3.33. The molecule has 0 saturated heterocycles. The van der Waals surface area contributed by atoms with Crippen LogP contribution in [0.1, 0.15) is 17.0 Å². The average Bonchev–Trinajstić information content (AvgIpc) is 2.82. The van der Waals surface area contributed by atoms with Gasteiger partial charge in [-0.25, -0.2) is 9.97 Å². The molecule has 1 amide bonds. The molecule has 2 heterocycles. The molecule has 1 aromatic carbocycles. The second kappa shape index (κ2) is 5.97. The Morgan fingerprint density at radius 3 is 2.64 bits per heavy atom. The van der Waals surface area contributed by atoms with Gasteiger partial charge in [-0.15, -0.1) is 0 Å². The van der Waals surface area contributed by atoms with Crippen molar-refractivity contribution in [2.45, 2.75) is 12.8 Å². The van der Waals surface area contributed by atoms with E-state index in [4.69, 9.17) is 0 Å². The molecule has 0 radical (unpaired) electrons. The molecular formula is C17H17N3O2. The predicted molar refractivity (Wildman–Crippen MR) is 83.1 cm³/mol. The molecule has 1 aromatic heterocycles. The van der Waals surface area contributed by atoms with Crippen LogP contribution in [0.4, 0.5) is 0 Å². The number of hydrogen-bond acceptors (Lipinski definition) is 4. The van der Waals surface area contributed by atoms with Crippen LogP contribution in [0.5, 0.6) is 0 Å². The zero-order valence-electron chi connectivity index (χ0n) is 12.4. The number of aliphatic hydroxyl groups is 1. The number of benzene rings is 1. The van der Waals surface area contributed by atoms with Crippen LogP contribution in [0.3, 0.4) is 0 Å². The molecule has 3 rings (SSSR count). The normalized spacial score (nSPS) is 14.8. The molecule has 0 fully saturated rings. The van der Waals surface area contributed by atoms with E-state index in [0.717, 1.165) is 18.5 Å². The van der Waals surface area contributed by atoms with Crippen LogP contribution in [-0.4, -0.2) is 39.5 Å². The summed E-state index contributed by atoms with van der Waals surface area (Å²) in [5, 5.41) is 9.91. The standard InChI is InChI=1S/C17H17N3O2/c1-20-10-14(16(21)17(20)22)15-9-13(18-11-19-15)8-7-12-5-3-2-4-6-12/h2-6,9,11,21H,7-8,10H2,1H3. The minimum atomic E-state index is -0.362. The van der Waals surface area contributed by atoms with E-state index in [1.165, 1.54) is 16.8 Å². The fourth-order valence-electron chi connectivity index (χ4n) is 2.51. The number of aryl methyl sites for hydroxylation is 2. The van der Waals surface area contributed by atoms with Crippen LogP contribution in [0.25, 0.3) is 5.57 Å². The first-order chi connectivity index (χ1) is 10.6. The van der Waals surface area contributed by atoms with Gasteiger partial charge in [0.05, 0.1) is 12.2 Å². The second-order valence-corrected chi connectivity index (χ2v) is 5.37. The van der Waals surface area contributed by atoms with Crippen LogP contribution in [-0.2, 0) is 17.6 Å². The maximum absolute atomic E-state index is 11.7. The molecule has 0 saturated carbocycles. The van der Waals surface area contributed by atoms with Crippen LogP contribution in [0.15, 0.2) is 48.5 Å². The third-order valence-corrected chi connectivity index (χ3v) is 3.78. The largest absolute Gasteiger partial charge is 0.503 e. The van der Waals surface area contributed by atoms with Crippen molar-refractivity contribution in [2.24, 2.45) is 0 Å². The van der Waals surface area contributed by atoms with Gasteiger partial charge >= 0.3 is 0 Å². The molecule has 1 aliphatic rings. The lowest BCUT2D eigenvalue weighted by Crippen LogP contribution is -2.21. The van der Waals surface area contributed by atoms with Crippen molar-refractivity contribution in [2.75, 3.05) is 13.6 Å². The summed E-state index contributed by atoms with van der Waals surface area (Å²) in [6.07, 6.45) is 3.16. The highest BCUT2D eigenvalue weighted by Crippen LogP contribution is 2.24. The highest BCUT2D eigenvalue weighted by Gasteiger charge is 2.29. The van der Waals surface area contributed by atoms with Crippen molar-refractivity contribution >= 4 is 11.5 Å². The number of rotatable bonds is 4. The number of aromatic nitrogens is 2. The monoisotopic (exact) mass is 295 g/mol. The number of likely N-dealkylation sites (N-methyl/N-ethyl adjacent to an activating group) is 1. The molecule has 0 unspecified atom stereocenters. The number of amides is 1. The summed E-state index contributed by atoms with van der Waals surface area (Å²) < 4.78 is 0. The van der Waals surface area contributed by atoms with Crippen molar-refractivity contribution in [3.63, 3.8) is 0 Å². The average molecular weight is 295 g/mol. The lowest BCUT2D eigenvalue weighted by atomic mass is 10.1. The molecule has 112 valence electrons. The zero-order chi connectivity index (χ0) is 15.5. The Bertz CT molecular complexity index is 726. The smallest absolute Gasteiger partial charge is 0.289 e. The molecule has 5 nitrogen and oxygen atoms in total. The van der Waals surface area contributed by atoms with Crippen molar-refractivity contribution in [1.82, 2.24) is 14.9 Å². The molecule has 2 aromatic rings. The summed E-state index contributed by atoms with van der Waals surface area (Å²) in [7, 11) is 1.66. The molecule has 0 bridgehead atoms. The molecule has 0 atom stereocenters. The van der Waals surface area contributed by atoms with E-state index >= 15 is 0 Å². The topological polar surface area (TPSA) is 66.3 Å². The van der Waals surface area contributed by atoms with Gasteiger partial charge in [-0.3, -0.25) is 4.79 Å². The molecule has 1 N–H and O–H groups in total. The fourth-order valence-corrected chi connectivity index (χ4v) is 2.51. The van der Waals surface area contributed by atoms with Crippen LogP contribution >= 0.6 is 0 Å². The van der Waals surface area contributed by atoms with Crippen LogP contribution < -0.4 is 0 Å². The molecule has 5 heteroatoms. The number of nitrogens with zero attached hydrogens (tertiary/aromatic N) is 3. The minimum Gasteiger partial charge on any atom is -0.503 e. The molecule has 1 aliphatic heterocycles. The number of aliphatic hydroxyl groups excluding tert-OH is 1. The van der Waals surface area contributed by atoms with Gasteiger partial charge in [0.25, 0.3) is 5.91 Å². The van der Waals surface area contributed by atoms with Gasteiger partial charge in [0.2, 0.25) is 0 Å². The summed E-state index contributed by atoms with van der Waals surface area (Å²) in [6.45, 7) is 0.375. The Morgan fingerprint density at radius 1 is 1.18 bits per heavy atom. The number of carbonyl (C=O) groups is 1. The summed E-state index contributed by atoms with van der Waals surface area (Å²) >= 11 is 0. The van der Waals surface area contributed by atoms with Crippen molar-refractivity contribution < 1.29 is 9.90 Å². The lowest BCUT2D eigenvalue weighted by Gasteiger charge is -2.08. The van der Waals surface area contributed by atoms with Crippen molar-refractivity contribution in [1.29, 1.82) is 0 Å². The van der Waals surface area contributed by atoms with Gasteiger partial charge in [0, 0.05) is 18.3 Å².